The molecule has 6 heteroatoms. The average molecular weight is 236 g/mol. The second kappa shape index (κ2) is 4.29. The minimum Gasteiger partial charge on any atom is -0.386 e. The number of nitrogens with zero attached hydrogens (tertiary/aromatic N) is 3. The first-order valence-electron chi connectivity index (χ1n) is 5.65. The first kappa shape index (κ1) is 11.8. The van der Waals surface area contributed by atoms with Crippen molar-refractivity contribution in [2.75, 3.05) is 18.0 Å². The molecule has 1 amide bonds. The van der Waals surface area contributed by atoms with Crippen LogP contribution in [-0.2, 0) is 0 Å². The molecule has 92 valence electrons. The Kier molecular flexibility index (Phi) is 2.97. The number of hydrogen-bond donors (Lipinski definition) is 2. The molecule has 0 bridgehead atoms. The predicted molar refractivity (Wildman–Crippen MR) is 62.6 cm³/mol. The van der Waals surface area contributed by atoms with Crippen molar-refractivity contribution in [1.29, 1.82) is 0 Å². The average Bonchev–Trinajstić information content (AvgIpc) is 2.26. The molecule has 1 aliphatic heterocycles. The summed E-state index contributed by atoms with van der Waals surface area (Å²) in [5.74, 6) is 0.0749. The Labute approximate surface area is 99.4 Å². The molecule has 6 nitrogen and oxygen atoms in total. The normalized spacial score (nSPS) is 17.6. The lowest BCUT2D eigenvalue weighted by Crippen LogP contribution is -2.62. The number of carbonyl (C=O) groups is 1. The largest absolute Gasteiger partial charge is 0.386 e. The zero-order chi connectivity index (χ0) is 12.5. The second-order valence-electron chi connectivity index (χ2n) is 4.47. The van der Waals surface area contributed by atoms with Crippen LogP contribution in [0, 0.1) is 0 Å². The number of anilines is 1. The first-order valence-corrected chi connectivity index (χ1v) is 5.65. The fourth-order valence-corrected chi connectivity index (χ4v) is 2.08. The molecule has 3 N–H and O–H groups in total. The maximum atomic E-state index is 10.8. The van der Waals surface area contributed by atoms with E-state index in [1.807, 2.05) is 11.8 Å². The first-order chi connectivity index (χ1) is 8.04. The van der Waals surface area contributed by atoms with Gasteiger partial charge in [-0.3, -0.25) is 4.79 Å². The summed E-state index contributed by atoms with van der Waals surface area (Å²) in [6.07, 6.45) is 1.74. The van der Waals surface area contributed by atoms with Gasteiger partial charge in [-0.2, -0.15) is 0 Å². The number of β-amino-alcohol motifs (C(OH)–C–C–N with tert-alkyl or cyclic N) is 1. The van der Waals surface area contributed by atoms with Gasteiger partial charge in [-0.15, -0.1) is 10.2 Å². The summed E-state index contributed by atoms with van der Waals surface area (Å²) in [5, 5.41) is 17.7. The number of rotatable bonds is 4. The van der Waals surface area contributed by atoms with E-state index >= 15 is 0 Å². The number of nitrogens with two attached hydrogens (primary N) is 1. The topological polar surface area (TPSA) is 92.3 Å². The molecule has 1 aromatic rings. The van der Waals surface area contributed by atoms with Gasteiger partial charge in [0.25, 0.3) is 5.91 Å². The summed E-state index contributed by atoms with van der Waals surface area (Å²) in [4.78, 5) is 12.7. The highest BCUT2D eigenvalue weighted by Crippen LogP contribution is 2.29. The molecule has 1 saturated heterocycles. The Morgan fingerprint density at radius 1 is 1.53 bits per heavy atom. The fourth-order valence-electron chi connectivity index (χ4n) is 2.08. The molecule has 1 aliphatic rings. The Hall–Kier alpha value is -1.69. The Morgan fingerprint density at radius 2 is 2.24 bits per heavy atom. The van der Waals surface area contributed by atoms with E-state index in [9.17, 15) is 9.90 Å². The number of primary amides is 1. The summed E-state index contributed by atoms with van der Waals surface area (Å²) < 4.78 is 0. The highest BCUT2D eigenvalue weighted by Gasteiger charge is 2.40. The van der Waals surface area contributed by atoms with Gasteiger partial charge in [0.05, 0.1) is 18.7 Å². The monoisotopic (exact) mass is 236 g/mol. The van der Waals surface area contributed by atoms with Crippen molar-refractivity contribution >= 4 is 11.7 Å². The van der Waals surface area contributed by atoms with E-state index in [2.05, 4.69) is 10.2 Å². The third kappa shape index (κ3) is 2.36. The van der Waals surface area contributed by atoms with Crippen LogP contribution in [0.2, 0.25) is 0 Å². The molecule has 0 radical (unpaired) electrons. The molecule has 0 aromatic carbocycles. The van der Waals surface area contributed by atoms with Gasteiger partial charge in [0, 0.05) is 0 Å². The molecular weight excluding hydrogens is 220 g/mol. The van der Waals surface area contributed by atoms with E-state index in [-0.39, 0.29) is 5.69 Å². The summed E-state index contributed by atoms with van der Waals surface area (Å²) in [6.45, 7) is 3.17. The summed E-state index contributed by atoms with van der Waals surface area (Å²) >= 11 is 0. The lowest BCUT2D eigenvalue weighted by atomic mass is 9.89. The van der Waals surface area contributed by atoms with Gasteiger partial charge in [0.1, 0.15) is 0 Å². The maximum Gasteiger partial charge on any atom is 0.269 e. The van der Waals surface area contributed by atoms with Crippen molar-refractivity contribution in [2.24, 2.45) is 5.73 Å². The Morgan fingerprint density at radius 3 is 2.71 bits per heavy atom. The molecule has 0 saturated carbocycles. The SMILES string of the molecule is CCCC1(O)CN(c2ccc(C(N)=O)nn2)C1. The van der Waals surface area contributed by atoms with Crippen molar-refractivity contribution in [3.05, 3.63) is 17.8 Å². The van der Waals surface area contributed by atoms with Gasteiger partial charge in [-0.05, 0) is 18.6 Å². The third-order valence-corrected chi connectivity index (χ3v) is 2.91. The van der Waals surface area contributed by atoms with E-state index in [0.717, 1.165) is 12.8 Å². The lowest BCUT2D eigenvalue weighted by molar-refractivity contribution is 0.00284. The van der Waals surface area contributed by atoms with Crippen LogP contribution in [0.3, 0.4) is 0 Å². The molecule has 2 rings (SSSR count). The minimum atomic E-state index is -0.598. The van der Waals surface area contributed by atoms with Crippen molar-refractivity contribution in [3.63, 3.8) is 0 Å². The smallest absolute Gasteiger partial charge is 0.269 e. The molecule has 0 aliphatic carbocycles. The van der Waals surface area contributed by atoms with Crippen molar-refractivity contribution < 1.29 is 9.90 Å². The van der Waals surface area contributed by atoms with E-state index in [1.54, 1.807) is 12.1 Å². The van der Waals surface area contributed by atoms with Gasteiger partial charge >= 0.3 is 0 Å². The third-order valence-electron chi connectivity index (χ3n) is 2.91. The van der Waals surface area contributed by atoms with Crippen LogP contribution in [-0.4, -0.2) is 39.9 Å². The zero-order valence-electron chi connectivity index (χ0n) is 9.76. The quantitative estimate of drug-likeness (QED) is 0.763. The highest BCUT2D eigenvalue weighted by molar-refractivity contribution is 5.90. The van der Waals surface area contributed by atoms with Crippen LogP contribution >= 0.6 is 0 Å². The molecule has 0 unspecified atom stereocenters. The van der Waals surface area contributed by atoms with Crippen molar-refractivity contribution in [2.45, 2.75) is 25.4 Å². The van der Waals surface area contributed by atoms with Crippen LogP contribution in [0.4, 0.5) is 5.82 Å². The van der Waals surface area contributed by atoms with Gasteiger partial charge in [-0.1, -0.05) is 13.3 Å². The van der Waals surface area contributed by atoms with Gasteiger partial charge in [0.2, 0.25) is 0 Å². The molecule has 2 heterocycles. The van der Waals surface area contributed by atoms with E-state index in [1.165, 1.54) is 0 Å². The van der Waals surface area contributed by atoms with E-state index < -0.39 is 11.5 Å². The van der Waals surface area contributed by atoms with E-state index in [4.69, 9.17) is 5.73 Å². The number of carbonyl (C=O) groups excluding carboxylic acids is 1. The lowest BCUT2D eigenvalue weighted by Gasteiger charge is -2.47. The Balaban J connectivity index is 1.99. The fraction of sp³-hybridized carbons (Fsp3) is 0.545. The summed E-state index contributed by atoms with van der Waals surface area (Å²) in [6, 6.07) is 3.24. The number of hydrogen-bond acceptors (Lipinski definition) is 5. The minimum absolute atomic E-state index is 0.151. The molecule has 0 spiro atoms. The second-order valence-corrected chi connectivity index (χ2v) is 4.47. The molecule has 17 heavy (non-hydrogen) atoms. The summed E-state index contributed by atoms with van der Waals surface area (Å²) in [7, 11) is 0. The van der Waals surface area contributed by atoms with Crippen LogP contribution < -0.4 is 10.6 Å². The number of amides is 1. The summed E-state index contributed by atoms with van der Waals surface area (Å²) in [5.41, 5.74) is 4.63. The van der Waals surface area contributed by atoms with Crippen LogP contribution in [0.15, 0.2) is 12.1 Å². The maximum absolute atomic E-state index is 10.8. The van der Waals surface area contributed by atoms with Gasteiger partial charge < -0.3 is 15.7 Å². The molecule has 1 aromatic heterocycles. The van der Waals surface area contributed by atoms with Gasteiger partial charge in [0.15, 0.2) is 11.5 Å². The molecule has 0 atom stereocenters. The van der Waals surface area contributed by atoms with Crippen molar-refractivity contribution in [3.8, 4) is 0 Å². The van der Waals surface area contributed by atoms with Crippen LogP contribution in [0.5, 0.6) is 0 Å². The van der Waals surface area contributed by atoms with Crippen molar-refractivity contribution in [1.82, 2.24) is 10.2 Å². The Bertz CT molecular complexity index is 412. The highest BCUT2D eigenvalue weighted by atomic mass is 16.3. The molecule has 1 fully saturated rings. The van der Waals surface area contributed by atoms with Crippen LogP contribution in [0.25, 0.3) is 0 Å². The van der Waals surface area contributed by atoms with Crippen LogP contribution in [0.1, 0.15) is 30.3 Å². The van der Waals surface area contributed by atoms with E-state index in [0.29, 0.717) is 18.9 Å². The number of aromatic nitrogens is 2. The zero-order valence-corrected chi connectivity index (χ0v) is 9.76. The molecular formula is C11H16N4O2. The standard InChI is InChI=1S/C11H16N4O2/c1-2-5-11(17)6-15(7-11)9-4-3-8(10(12)16)13-14-9/h3-4,17H,2,5-7H2,1H3,(H2,12,16). The number of aliphatic hydroxyl groups is 1. The van der Waals surface area contributed by atoms with Gasteiger partial charge in [-0.25, -0.2) is 0 Å². The predicted octanol–water partition coefficient (Wildman–Crippen LogP) is -0.0733.